The summed E-state index contributed by atoms with van der Waals surface area (Å²) in [4.78, 5) is 19.9. The predicted molar refractivity (Wildman–Crippen MR) is 139 cm³/mol. The van der Waals surface area contributed by atoms with Crippen molar-refractivity contribution >= 4 is 40.5 Å². The Balaban J connectivity index is 1.52. The Labute approximate surface area is 208 Å². The third kappa shape index (κ3) is 4.76. The van der Waals surface area contributed by atoms with E-state index in [1.807, 2.05) is 72.4 Å². The molecule has 0 bridgehead atoms. The lowest BCUT2D eigenvalue weighted by Gasteiger charge is -2.27. The molecule has 0 aliphatic carbocycles. The van der Waals surface area contributed by atoms with Crippen molar-refractivity contribution < 1.29 is 9.53 Å². The maximum absolute atomic E-state index is 12.8. The average Bonchev–Trinajstić information content (AvgIpc) is 3.45. The third-order valence-corrected chi connectivity index (χ3v) is 7.13. The van der Waals surface area contributed by atoms with Gasteiger partial charge >= 0.3 is 0 Å². The number of hydrogen-bond acceptors (Lipinski definition) is 5. The summed E-state index contributed by atoms with van der Waals surface area (Å²) in [7, 11) is 0. The molecule has 34 heavy (non-hydrogen) atoms. The van der Waals surface area contributed by atoms with Crippen LogP contribution >= 0.6 is 23.4 Å². The number of aliphatic imine (C=N–C) groups is 1. The van der Waals surface area contributed by atoms with Crippen LogP contribution in [0.4, 0.5) is 0 Å². The molecule has 1 fully saturated rings. The molecule has 0 N–H and O–H groups in total. The summed E-state index contributed by atoms with van der Waals surface area (Å²) < 4.78 is 7.41. The minimum Gasteiger partial charge on any atom is -0.492 e. The highest BCUT2D eigenvalue weighted by Crippen LogP contribution is 2.36. The number of likely N-dealkylation sites (tertiary alicyclic amines) is 1. The Hall–Kier alpha value is -3.03. The summed E-state index contributed by atoms with van der Waals surface area (Å²) in [6, 6.07) is 15.5. The normalized spacial score (nSPS) is 17.4. The number of carbonyl (C=O) groups is 1. The summed E-state index contributed by atoms with van der Waals surface area (Å²) in [5.74, 6) is 0.435. The fourth-order valence-electron chi connectivity index (χ4n) is 4.11. The molecule has 174 valence electrons. The zero-order valence-corrected chi connectivity index (χ0v) is 20.5. The third-order valence-electron chi connectivity index (χ3n) is 5.79. The average molecular weight is 493 g/mol. The number of aromatic nitrogens is 2. The molecule has 6 nitrogen and oxygen atoms in total. The molecular formula is C26H25ClN4O2S. The van der Waals surface area contributed by atoms with Gasteiger partial charge in [0.1, 0.15) is 11.4 Å². The van der Waals surface area contributed by atoms with E-state index in [-0.39, 0.29) is 5.91 Å². The number of ether oxygens (including phenoxy) is 1. The van der Waals surface area contributed by atoms with E-state index >= 15 is 0 Å². The van der Waals surface area contributed by atoms with Gasteiger partial charge < -0.3 is 9.64 Å². The lowest BCUT2D eigenvalue weighted by Crippen LogP contribution is -2.33. The maximum atomic E-state index is 12.8. The lowest BCUT2D eigenvalue weighted by atomic mass is 10.1. The number of thioether (sulfide) groups is 1. The molecule has 2 aliphatic rings. The molecule has 0 saturated carbocycles. The first-order valence-corrected chi connectivity index (χ1v) is 12.7. The van der Waals surface area contributed by atoms with Crippen molar-refractivity contribution in [3.8, 4) is 22.7 Å². The molecule has 5 rings (SSSR count). The van der Waals surface area contributed by atoms with Crippen LogP contribution in [0.25, 0.3) is 23.0 Å². The SMILES string of the molecule is CCOc1ccc(-c2nn(-c3ccccc3)cc2C=C2SC(N3CCCCC3)=NC2=O)cc1Cl. The van der Waals surface area contributed by atoms with Gasteiger partial charge in [-0.15, -0.1) is 0 Å². The summed E-state index contributed by atoms with van der Waals surface area (Å²) in [5, 5.41) is 6.17. The van der Waals surface area contributed by atoms with Crippen LogP contribution in [0.3, 0.4) is 0 Å². The molecule has 1 saturated heterocycles. The number of amidine groups is 1. The summed E-state index contributed by atoms with van der Waals surface area (Å²) in [6.07, 6.45) is 7.34. The molecule has 2 aromatic carbocycles. The van der Waals surface area contributed by atoms with Gasteiger partial charge in [-0.2, -0.15) is 10.1 Å². The van der Waals surface area contributed by atoms with Gasteiger partial charge in [-0.1, -0.05) is 29.8 Å². The van der Waals surface area contributed by atoms with Crippen molar-refractivity contribution in [3.63, 3.8) is 0 Å². The van der Waals surface area contributed by atoms with E-state index < -0.39 is 0 Å². The van der Waals surface area contributed by atoms with Crippen molar-refractivity contribution in [3.05, 3.63) is 70.2 Å². The zero-order valence-electron chi connectivity index (χ0n) is 18.9. The van der Waals surface area contributed by atoms with Crippen molar-refractivity contribution in [2.24, 2.45) is 4.99 Å². The Kier molecular flexibility index (Phi) is 6.74. The first kappa shape index (κ1) is 22.7. The van der Waals surface area contributed by atoms with Gasteiger partial charge in [-0.05, 0) is 74.4 Å². The second-order valence-electron chi connectivity index (χ2n) is 8.15. The number of rotatable bonds is 5. The molecule has 0 spiro atoms. The second kappa shape index (κ2) is 10.1. The van der Waals surface area contributed by atoms with E-state index in [2.05, 4.69) is 9.89 Å². The fraction of sp³-hybridized carbons (Fsp3) is 0.269. The topological polar surface area (TPSA) is 59.7 Å². The fourth-order valence-corrected chi connectivity index (χ4v) is 5.30. The number of amides is 1. The first-order chi connectivity index (χ1) is 16.6. The number of hydrogen-bond donors (Lipinski definition) is 0. The van der Waals surface area contributed by atoms with Gasteiger partial charge in [0.15, 0.2) is 5.17 Å². The summed E-state index contributed by atoms with van der Waals surface area (Å²) in [5.41, 5.74) is 3.35. The molecule has 2 aliphatic heterocycles. The van der Waals surface area contributed by atoms with Crippen LogP contribution in [-0.4, -0.2) is 45.5 Å². The van der Waals surface area contributed by atoms with Crippen LogP contribution in [0.2, 0.25) is 5.02 Å². The Bertz CT molecular complexity index is 1260. The van der Waals surface area contributed by atoms with Gasteiger partial charge in [-0.25, -0.2) is 4.68 Å². The van der Waals surface area contributed by atoms with E-state index in [1.165, 1.54) is 18.2 Å². The van der Waals surface area contributed by atoms with Crippen LogP contribution in [0.15, 0.2) is 64.6 Å². The van der Waals surface area contributed by atoms with Gasteiger partial charge in [0, 0.05) is 30.4 Å². The molecule has 0 unspecified atom stereocenters. The second-order valence-corrected chi connectivity index (χ2v) is 9.57. The minimum atomic E-state index is -0.200. The van der Waals surface area contributed by atoms with E-state index in [9.17, 15) is 4.79 Å². The number of carbonyl (C=O) groups excluding carboxylic acids is 1. The molecule has 1 aromatic heterocycles. The molecule has 8 heteroatoms. The van der Waals surface area contributed by atoms with Crippen LogP contribution in [0.1, 0.15) is 31.7 Å². The van der Waals surface area contributed by atoms with Crippen LogP contribution in [0, 0.1) is 0 Å². The van der Waals surface area contributed by atoms with Gasteiger partial charge in [-0.3, -0.25) is 4.79 Å². The molecule has 1 amide bonds. The zero-order chi connectivity index (χ0) is 23.5. The molecule has 0 radical (unpaired) electrons. The van der Waals surface area contributed by atoms with Gasteiger partial charge in [0.05, 0.1) is 22.2 Å². The first-order valence-electron chi connectivity index (χ1n) is 11.5. The van der Waals surface area contributed by atoms with Gasteiger partial charge in [0.2, 0.25) is 0 Å². The number of piperidine rings is 1. The molecule has 3 heterocycles. The summed E-state index contributed by atoms with van der Waals surface area (Å²) >= 11 is 7.92. The highest BCUT2D eigenvalue weighted by Gasteiger charge is 2.27. The molecular weight excluding hydrogens is 468 g/mol. The van der Waals surface area contributed by atoms with E-state index in [0.717, 1.165) is 53.6 Å². The minimum absolute atomic E-state index is 0.200. The maximum Gasteiger partial charge on any atom is 0.286 e. The number of para-hydroxylation sites is 1. The number of benzene rings is 2. The lowest BCUT2D eigenvalue weighted by molar-refractivity contribution is -0.113. The van der Waals surface area contributed by atoms with Crippen LogP contribution in [-0.2, 0) is 4.79 Å². The van der Waals surface area contributed by atoms with E-state index in [1.54, 1.807) is 0 Å². The highest BCUT2D eigenvalue weighted by atomic mass is 35.5. The van der Waals surface area contributed by atoms with Crippen LogP contribution in [0.5, 0.6) is 5.75 Å². The van der Waals surface area contributed by atoms with Crippen molar-refractivity contribution in [2.45, 2.75) is 26.2 Å². The molecule has 3 aromatic rings. The Morgan fingerprint density at radius 2 is 1.91 bits per heavy atom. The number of nitrogens with zero attached hydrogens (tertiary/aromatic N) is 4. The monoisotopic (exact) mass is 492 g/mol. The largest absolute Gasteiger partial charge is 0.492 e. The molecule has 0 atom stereocenters. The van der Waals surface area contributed by atoms with Crippen molar-refractivity contribution in [1.29, 1.82) is 0 Å². The van der Waals surface area contributed by atoms with E-state index in [4.69, 9.17) is 21.4 Å². The number of halogens is 1. The van der Waals surface area contributed by atoms with Crippen molar-refractivity contribution in [1.82, 2.24) is 14.7 Å². The Morgan fingerprint density at radius 3 is 2.65 bits per heavy atom. The van der Waals surface area contributed by atoms with Crippen LogP contribution < -0.4 is 4.74 Å². The smallest absolute Gasteiger partial charge is 0.286 e. The van der Waals surface area contributed by atoms with Gasteiger partial charge in [0.25, 0.3) is 5.91 Å². The highest BCUT2D eigenvalue weighted by molar-refractivity contribution is 8.18. The van der Waals surface area contributed by atoms with E-state index in [0.29, 0.717) is 22.3 Å². The Morgan fingerprint density at radius 1 is 1.12 bits per heavy atom. The standard InChI is InChI=1S/C26H25ClN4O2S/c1-2-33-22-12-11-18(15-21(22)27)24-19(17-31(29-24)20-9-5-3-6-10-20)16-23-25(32)28-26(34-23)30-13-7-4-8-14-30/h3,5-6,9-12,15-17H,2,4,7-8,13-14H2,1H3. The predicted octanol–water partition coefficient (Wildman–Crippen LogP) is 6.05. The summed E-state index contributed by atoms with van der Waals surface area (Å²) in [6.45, 7) is 4.37. The quantitative estimate of drug-likeness (QED) is 0.406. The van der Waals surface area contributed by atoms with Crippen molar-refractivity contribution in [2.75, 3.05) is 19.7 Å².